The number of nitrogens with zero attached hydrogens (tertiary/aromatic N) is 2. The molecule has 4 heteroatoms. The van der Waals surface area contributed by atoms with Crippen molar-refractivity contribution in [2.45, 2.75) is 46.1 Å². The van der Waals surface area contributed by atoms with Crippen molar-refractivity contribution in [2.75, 3.05) is 26.2 Å². The normalized spacial score (nSPS) is 21.2. The van der Waals surface area contributed by atoms with E-state index in [2.05, 4.69) is 48.1 Å². The van der Waals surface area contributed by atoms with Crippen LogP contribution in [0.5, 0.6) is 0 Å². The van der Waals surface area contributed by atoms with Gasteiger partial charge >= 0.3 is 0 Å². The van der Waals surface area contributed by atoms with E-state index >= 15 is 0 Å². The van der Waals surface area contributed by atoms with Crippen molar-refractivity contribution in [1.29, 1.82) is 0 Å². The Morgan fingerprint density at radius 1 is 1.47 bits per heavy atom. The Kier molecular flexibility index (Phi) is 4.63. The minimum absolute atomic E-state index is 0.139. The summed E-state index contributed by atoms with van der Waals surface area (Å²) in [4.78, 5) is 2.53. The first kappa shape index (κ1) is 14.5. The summed E-state index contributed by atoms with van der Waals surface area (Å²) in [7, 11) is 0. The molecule has 19 heavy (non-hydrogen) atoms. The molecule has 0 aromatic carbocycles. The van der Waals surface area contributed by atoms with E-state index in [9.17, 15) is 0 Å². The van der Waals surface area contributed by atoms with Gasteiger partial charge in [-0.2, -0.15) is 5.10 Å². The van der Waals surface area contributed by atoms with Gasteiger partial charge in [-0.15, -0.1) is 0 Å². The summed E-state index contributed by atoms with van der Waals surface area (Å²) in [5.74, 6) is 0.810. The molecule has 2 rings (SSSR count). The van der Waals surface area contributed by atoms with Crippen LogP contribution in [0.4, 0.5) is 0 Å². The quantitative estimate of drug-likeness (QED) is 0.856. The van der Waals surface area contributed by atoms with Gasteiger partial charge in [0.15, 0.2) is 0 Å². The smallest absolute Gasteiger partial charge is 0.0535 e. The molecule has 108 valence electrons. The van der Waals surface area contributed by atoms with Gasteiger partial charge in [0.1, 0.15) is 0 Å². The Morgan fingerprint density at radius 3 is 2.89 bits per heavy atom. The van der Waals surface area contributed by atoms with Gasteiger partial charge in [0.25, 0.3) is 0 Å². The first-order chi connectivity index (χ1) is 9.00. The zero-order valence-electron chi connectivity index (χ0n) is 12.8. The van der Waals surface area contributed by atoms with Gasteiger partial charge < -0.3 is 10.2 Å². The third-order valence-electron chi connectivity index (χ3n) is 4.03. The predicted molar refractivity (Wildman–Crippen MR) is 79.2 cm³/mol. The maximum atomic E-state index is 4.19. The molecular formula is C15H28N4. The second-order valence-corrected chi connectivity index (χ2v) is 6.70. The molecule has 0 aliphatic carbocycles. The van der Waals surface area contributed by atoms with E-state index in [4.69, 9.17) is 0 Å². The lowest BCUT2D eigenvalue weighted by Gasteiger charge is -2.19. The molecule has 1 saturated heterocycles. The Bertz CT molecular complexity index is 391. The van der Waals surface area contributed by atoms with E-state index < -0.39 is 0 Å². The van der Waals surface area contributed by atoms with Gasteiger partial charge in [0.05, 0.1) is 6.20 Å². The Balaban J connectivity index is 1.79. The number of likely N-dealkylation sites (tertiary alicyclic amines) is 1. The molecule has 0 spiro atoms. The minimum atomic E-state index is 0.139. The largest absolute Gasteiger partial charge is 0.312 e. The molecule has 1 unspecified atom stereocenters. The summed E-state index contributed by atoms with van der Waals surface area (Å²) in [5, 5.41) is 10.9. The number of hydrogen-bond acceptors (Lipinski definition) is 3. The minimum Gasteiger partial charge on any atom is -0.312 e. The van der Waals surface area contributed by atoms with E-state index in [0.29, 0.717) is 0 Å². The van der Waals surface area contributed by atoms with Crippen LogP contribution >= 0.6 is 0 Å². The molecular weight excluding hydrogens is 236 g/mol. The van der Waals surface area contributed by atoms with Crippen LogP contribution in [0.25, 0.3) is 0 Å². The number of nitrogens with one attached hydrogen (secondary N) is 2. The van der Waals surface area contributed by atoms with Crippen LogP contribution in [0, 0.1) is 5.92 Å². The van der Waals surface area contributed by atoms with Crippen molar-refractivity contribution in [1.82, 2.24) is 20.4 Å². The molecule has 4 nitrogen and oxygen atoms in total. The van der Waals surface area contributed by atoms with Crippen LogP contribution in [0.1, 0.15) is 45.4 Å². The Labute approximate surface area is 117 Å². The predicted octanol–water partition coefficient (Wildman–Crippen LogP) is 2.14. The third kappa shape index (κ3) is 3.80. The highest BCUT2D eigenvalue weighted by molar-refractivity contribution is 5.23. The maximum Gasteiger partial charge on any atom is 0.0535 e. The van der Waals surface area contributed by atoms with Crippen molar-refractivity contribution in [3.8, 4) is 0 Å². The fraction of sp³-hybridized carbons (Fsp3) is 0.800. The standard InChI is InChI=1S/C15H28N4/c1-5-19-7-6-12(11-19)8-16-9-13-10-17-18-14(13)15(2,3)4/h10,12,16H,5-9,11H2,1-4H3,(H,17,18). The molecule has 0 saturated carbocycles. The van der Waals surface area contributed by atoms with Gasteiger partial charge in [-0.25, -0.2) is 0 Å². The lowest BCUT2D eigenvalue weighted by molar-refractivity contribution is 0.338. The second-order valence-electron chi connectivity index (χ2n) is 6.70. The summed E-state index contributed by atoms with van der Waals surface area (Å²) in [6.07, 6.45) is 3.29. The topological polar surface area (TPSA) is 44.0 Å². The monoisotopic (exact) mass is 264 g/mol. The average molecular weight is 264 g/mol. The maximum absolute atomic E-state index is 4.19. The van der Waals surface area contributed by atoms with Crippen LogP contribution in [-0.2, 0) is 12.0 Å². The van der Waals surface area contributed by atoms with E-state index in [0.717, 1.165) is 19.0 Å². The molecule has 2 N–H and O–H groups in total. The summed E-state index contributed by atoms with van der Waals surface area (Å²) in [6, 6.07) is 0. The van der Waals surface area contributed by atoms with Crippen LogP contribution < -0.4 is 5.32 Å². The van der Waals surface area contributed by atoms with E-state index in [-0.39, 0.29) is 5.41 Å². The number of aromatic amines is 1. The van der Waals surface area contributed by atoms with Crippen LogP contribution in [0.15, 0.2) is 6.20 Å². The lowest BCUT2D eigenvalue weighted by atomic mass is 9.89. The van der Waals surface area contributed by atoms with Crippen molar-refractivity contribution in [3.05, 3.63) is 17.5 Å². The molecule has 1 atom stereocenters. The summed E-state index contributed by atoms with van der Waals surface area (Å²) >= 11 is 0. The van der Waals surface area contributed by atoms with Gasteiger partial charge in [-0.05, 0) is 32.0 Å². The first-order valence-electron chi connectivity index (χ1n) is 7.46. The fourth-order valence-electron chi connectivity index (χ4n) is 2.87. The molecule has 0 radical (unpaired) electrons. The molecule has 1 fully saturated rings. The van der Waals surface area contributed by atoms with Gasteiger partial charge in [0.2, 0.25) is 0 Å². The van der Waals surface area contributed by atoms with Gasteiger partial charge in [0, 0.05) is 29.8 Å². The van der Waals surface area contributed by atoms with Crippen molar-refractivity contribution in [2.24, 2.45) is 5.92 Å². The number of hydrogen-bond donors (Lipinski definition) is 2. The van der Waals surface area contributed by atoms with Crippen LogP contribution in [-0.4, -0.2) is 41.3 Å². The molecule has 1 aliphatic heterocycles. The van der Waals surface area contributed by atoms with Crippen molar-refractivity contribution in [3.63, 3.8) is 0 Å². The molecule has 0 bridgehead atoms. The molecule has 1 aliphatic rings. The zero-order valence-corrected chi connectivity index (χ0v) is 12.8. The number of H-pyrrole nitrogens is 1. The molecule has 2 heterocycles. The highest BCUT2D eigenvalue weighted by Crippen LogP contribution is 2.23. The van der Waals surface area contributed by atoms with E-state index in [1.165, 1.54) is 37.3 Å². The summed E-state index contributed by atoms with van der Waals surface area (Å²) < 4.78 is 0. The average Bonchev–Trinajstić information content (AvgIpc) is 2.96. The second kappa shape index (κ2) is 6.06. The SMILES string of the molecule is CCN1CCC(CNCc2cn[nH]c2C(C)(C)C)C1. The van der Waals surface area contributed by atoms with Crippen molar-refractivity contribution >= 4 is 0 Å². The van der Waals surface area contributed by atoms with E-state index in [1.54, 1.807) is 0 Å². The zero-order chi connectivity index (χ0) is 13.9. The molecule has 1 aromatic rings. The summed E-state index contributed by atoms with van der Waals surface area (Å²) in [6.45, 7) is 14.7. The van der Waals surface area contributed by atoms with Crippen LogP contribution in [0.3, 0.4) is 0 Å². The number of aromatic nitrogens is 2. The Morgan fingerprint density at radius 2 is 2.26 bits per heavy atom. The third-order valence-corrected chi connectivity index (χ3v) is 4.03. The van der Waals surface area contributed by atoms with Gasteiger partial charge in [-0.3, -0.25) is 5.10 Å². The number of rotatable bonds is 5. The Hall–Kier alpha value is -0.870. The molecule has 1 aromatic heterocycles. The lowest BCUT2D eigenvalue weighted by Crippen LogP contribution is -2.27. The fourth-order valence-corrected chi connectivity index (χ4v) is 2.87. The van der Waals surface area contributed by atoms with Gasteiger partial charge in [-0.1, -0.05) is 27.7 Å². The molecule has 0 amide bonds. The summed E-state index contributed by atoms with van der Waals surface area (Å²) in [5.41, 5.74) is 2.69. The van der Waals surface area contributed by atoms with Crippen LogP contribution in [0.2, 0.25) is 0 Å². The first-order valence-corrected chi connectivity index (χ1v) is 7.46. The van der Waals surface area contributed by atoms with E-state index in [1.807, 2.05) is 6.20 Å². The highest BCUT2D eigenvalue weighted by atomic mass is 15.1. The van der Waals surface area contributed by atoms with Crippen molar-refractivity contribution < 1.29 is 0 Å². The highest BCUT2D eigenvalue weighted by Gasteiger charge is 2.22.